The molecule has 0 saturated carbocycles. The van der Waals surface area contributed by atoms with Crippen molar-refractivity contribution in [2.75, 3.05) is 19.0 Å². The second kappa shape index (κ2) is 5.77. The molecule has 1 aromatic rings. The SMILES string of the molecule is CN(C)c1ccc(N=C2CC(=N)C(Cl)=CC2=O)cc1Cl. The Hall–Kier alpha value is -1.65. The number of hydrogen-bond donors (Lipinski definition) is 1. The van der Waals surface area contributed by atoms with Crippen molar-refractivity contribution >= 4 is 51.8 Å². The van der Waals surface area contributed by atoms with Crippen LogP contribution in [0.15, 0.2) is 34.3 Å². The van der Waals surface area contributed by atoms with Gasteiger partial charge in [-0.25, -0.2) is 4.99 Å². The molecule has 0 bridgehead atoms. The molecule has 20 heavy (non-hydrogen) atoms. The maximum atomic E-state index is 11.8. The van der Waals surface area contributed by atoms with Crippen LogP contribution in [0.2, 0.25) is 5.02 Å². The number of nitrogens with one attached hydrogen (secondary N) is 1. The Labute approximate surface area is 127 Å². The van der Waals surface area contributed by atoms with Gasteiger partial charge in [0.15, 0.2) is 0 Å². The molecule has 0 amide bonds. The van der Waals surface area contributed by atoms with E-state index in [0.29, 0.717) is 16.4 Å². The third-order valence-electron chi connectivity index (χ3n) is 2.85. The van der Waals surface area contributed by atoms with E-state index in [-0.39, 0.29) is 22.9 Å². The normalized spacial score (nSPS) is 17.4. The number of aliphatic imine (C=N–C) groups is 1. The van der Waals surface area contributed by atoms with E-state index in [0.717, 1.165) is 5.69 Å². The van der Waals surface area contributed by atoms with Crippen molar-refractivity contribution < 1.29 is 4.79 Å². The molecule has 1 aromatic carbocycles. The Kier molecular flexibility index (Phi) is 4.26. The topological polar surface area (TPSA) is 56.5 Å². The fourth-order valence-corrected chi connectivity index (χ4v) is 2.31. The summed E-state index contributed by atoms with van der Waals surface area (Å²) in [6.45, 7) is 0. The van der Waals surface area contributed by atoms with Crippen molar-refractivity contribution in [2.45, 2.75) is 6.42 Å². The van der Waals surface area contributed by atoms with Crippen LogP contribution in [0, 0.1) is 5.41 Å². The van der Waals surface area contributed by atoms with Crippen molar-refractivity contribution in [3.8, 4) is 0 Å². The summed E-state index contributed by atoms with van der Waals surface area (Å²) in [5, 5.41) is 8.38. The van der Waals surface area contributed by atoms with E-state index in [1.165, 1.54) is 6.08 Å². The minimum absolute atomic E-state index is 0.140. The van der Waals surface area contributed by atoms with E-state index in [1.54, 1.807) is 12.1 Å². The maximum absolute atomic E-state index is 11.8. The smallest absolute Gasteiger partial charge is 0.201 e. The highest BCUT2D eigenvalue weighted by molar-refractivity contribution is 6.57. The molecule has 0 heterocycles. The maximum Gasteiger partial charge on any atom is 0.201 e. The van der Waals surface area contributed by atoms with Gasteiger partial charge in [0.2, 0.25) is 5.78 Å². The molecule has 0 fully saturated rings. The fraction of sp³-hybridized carbons (Fsp3) is 0.214. The molecule has 0 saturated heterocycles. The number of halogens is 2. The number of nitrogens with zero attached hydrogens (tertiary/aromatic N) is 2. The van der Waals surface area contributed by atoms with Crippen LogP contribution in [-0.4, -0.2) is 31.3 Å². The number of hydrogen-bond acceptors (Lipinski definition) is 4. The molecule has 2 rings (SSSR count). The Morgan fingerprint density at radius 3 is 2.60 bits per heavy atom. The standard InChI is InChI=1S/C14H13Cl2N3O/c1-19(2)13-4-3-8(5-10(13)16)18-12-7-11(17)9(15)6-14(12)20/h3-6,17H,7H2,1-2H3. The molecule has 0 unspecified atom stereocenters. The highest BCUT2D eigenvalue weighted by atomic mass is 35.5. The molecular formula is C14H13Cl2N3O. The van der Waals surface area contributed by atoms with Gasteiger partial charge in [-0.15, -0.1) is 0 Å². The number of benzene rings is 1. The Balaban J connectivity index is 2.34. The highest BCUT2D eigenvalue weighted by Crippen LogP contribution is 2.29. The monoisotopic (exact) mass is 309 g/mol. The Morgan fingerprint density at radius 1 is 1.30 bits per heavy atom. The van der Waals surface area contributed by atoms with Crippen LogP contribution in [0.25, 0.3) is 0 Å². The lowest BCUT2D eigenvalue weighted by molar-refractivity contribution is -0.109. The summed E-state index contributed by atoms with van der Waals surface area (Å²) in [7, 11) is 3.79. The Morgan fingerprint density at radius 2 is 2.00 bits per heavy atom. The number of ketones is 1. The number of anilines is 1. The summed E-state index contributed by atoms with van der Waals surface area (Å²) in [6.07, 6.45) is 1.36. The van der Waals surface area contributed by atoms with Gasteiger partial charge in [-0.05, 0) is 18.2 Å². The Bertz CT molecular complexity index is 648. The second-order valence-electron chi connectivity index (χ2n) is 4.60. The fourth-order valence-electron chi connectivity index (χ4n) is 1.80. The van der Waals surface area contributed by atoms with Crippen LogP contribution in [0.5, 0.6) is 0 Å². The van der Waals surface area contributed by atoms with E-state index >= 15 is 0 Å². The van der Waals surface area contributed by atoms with Crippen LogP contribution in [0.3, 0.4) is 0 Å². The van der Waals surface area contributed by atoms with Crippen molar-refractivity contribution in [3.05, 3.63) is 34.3 Å². The summed E-state index contributed by atoms with van der Waals surface area (Å²) in [5.74, 6) is -0.265. The highest BCUT2D eigenvalue weighted by Gasteiger charge is 2.20. The average Bonchev–Trinajstić information content (AvgIpc) is 2.35. The summed E-state index contributed by atoms with van der Waals surface area (Å²) in [5.41, 5.74) is 1.96. The lowest BCUT2D eigenvalue weighted by atomic mass is 10.0. The van der Waals surface area contributed by atoms with E-state index in [9.17, 15) is 4.79 Å². The number of carbonyl (C=O) groups excluding carboxylic acids is 1. The molecule has 104 valence electrons. The molecule has 4 nitrogen and oxygen atoms in total. The van der Waals surface area contributed by atoms with Gasteiger partial charge in [0.05, 0.1) is 32.9 Å². The van der Waals surface area contributed by atoms with Crippen molar-refractivity contribution in [2.24, 2.45) is 4.99 Å². The van der Waals surface area contributed by atoms with Gasteiger partial charge in [-0.3, -0.25) is 4.79 Å². The van der Waals surface area contributed by atoms with Gasteiger partial charge in [-0.2, -0.15) is 0 Å². The summed E-state index contributed by atoms with van der Waals surface area (Å²) in [4.78, 5) is 17.9. The van der Waals surface area contributed by atoms with Crippen LogP contribution in [-0.2, 0) is 4.79 Å². The molecule has 1 N–H and O–H groups in total. The number of carbonyl (C=O) groups is 1. The third kappa shape index (κ3) is 3.08. The van der Waals surface area contributed by atoms with Crippen LogP contribution < -0.4 is 4.90 Å². The zero-order valence-corrected chi connectivity index (χ0v) is 12.6. The molecule has 0 atom stereocenters. The van der Waals surface area contributed by atoms with Crippen LogP contribution >= 0.6 is 23.2 Å². The summed E-state index contributed by atoms with van der Waals surface area (Å²) >= 11 is 11.9. The molecule has 1 aliphatic carbocycles. The largest absolute Gasteiger partial charge is 0.376 e. The van der Waals surface area contributed by atoms with E-state index in [1.807, 2.05) is 25.1 Å². The first-order valence-corrected chi connectivity index (χ1v) is 6.68. The molecule has 0 aromatic heterocycles. The first-order chi connectivity index (χ1) is 9.38. The first-order valence-electron chi connectivity index (χ1n) is 5.92. The van der Waals surface area contributed by atoms with Gasteiger partial charge in [-0.1, -0.05) is 23.2 Å². The van der Waals surface area contributed by atoms with Crippen LogP contribution in [0.1, 0.15) is 6.42 Å². The molecule has 0 aliphatic heterocycles. The quantitative estimate of drug-likeness (QED) is 0.907. The molecular weight excluding hydrogens is 297 g/mol. The van der Waals surface area contributed by atoms with Crippen LogP contribution in [0.4, 0.5) is 11.4 Å². The predicted octanol–water partition coefficient (Wildman–Crippen LogP) is 3.59. The van der Waals surface area contributed by atoms with E-state index in [4.69, 9.17) is 28.6 Å². The predicted molar refractivity (Wildman–Crippen MR) is 84.2 cm³/mol. The lowest BCUT2D eigenvalue weighted by Crippen LogP contribution is -2.21. The van der Waals surface area contributed by atoms with Crippen molar-refractivity contribution in [1.82, 2.24) is 0 Å². The molecule has 1 aliphatic rings. The summed E-state index contributed by atoms with van der Waals surface area (Å²) in [6, 6.07) is 5.31. The number of rotatable bonds is 2. The lowest BCUT2D eigenvalue weighted by Gasteiger charge is -2.15. The molecule has 0 radical (unpaired) electrons. The first kappa shape index (κ1) is 14.8. The van der Waals surface area contributed by atoms with Gasteiger partial charge in [0.25, 0.3) is 0 Å². The van der Waals surface area contributed by atoms with Gasteiger partial charge in [0, 0.05) is 26.6 Å². The van der Waals surface area contributed by atoms with Crippen molar-refractivity contribution in [3.63, 3.8) is 0 Å². The minimum atomic E-state index is -0.265. The van der Waals surface area contributed by atoms with Gasteiger partial charge in [0.1, 0.15) is 0 Å². The zero-order chi connectivity index (χ0) is 14.9. The average molecular weight is 310 g/mol. The third-order valence-corrected chi connectivity index (χ3v) is 3.49. The molecule has 6 heteroatoms. The summed E-state index contributed by atoms with van der Waals surface area (Å²) < 4.78 is 0. The van der Waals surface area contributed by atoms with Gasteiger partial charge < -0.3 is 10.3 Å². The van der Waals surface area contributed by atoms with Gasteiger partial charge >= 0.3 is 0 Å². The number of allylic oxidation sites excluding steroid dienone is 2. The van der Waals surface area contributed by atoms with E-state index in [2.05, 4.69) is 4.99 Å². The minimum Gasteiger partial charge on any atom is -0.376 e. The zero-order valence-electron chi connectivity index (χ0n) is 11.1. The molecule has 0 spiro atoms. The van der Waals surface area contributed by atoms with Crippen molar-refractivity contribution in [1.29, 1.82) is 5.41 Å². The second-order valence-corrected chi connectivity index (χ2v) is 5.41. The van der Waals surface area contributed by atoms with E-state index < -0.39 is 0 Å².